The van der Waals surface area contributed by atoms with Gasteiger partial charge in [-0.2, -0.15) is 0 Å². The fourth-order valence-electron chi connectivity index (χ4n) is 2.62. The lowest BCUT2D eigenvalue weighted by Crippen LogP contribution is -2.46. The van der Waals surface area contributed by atoms with Crippen LogP contribution < -0.4 is 10.6 Å². The summed E-state index contributed by atoms with van der Waals surface area (Å²) in [7, 11) is 2.10. The summed E-state index contributed by atoms with van der Waals surface area (Å²) in [4.78, 5) is 28.5. The van der Waals surface area contributed by atoms with E-state index < -0.39 is 0 Å². The van der Waals surface area contributed by atoms with Crippen LogP contribution >= 0.6 is 0 Å². The van der Waals surface area contributed by atoms with Gasteiger partial charge in [0.1, 0.15) is 0 Å². The fraction of sp³-hybridized carbons (Fsp3) is 0.529. The Hall–Kier alpha value is -1.92. The van der Waals surface area contributed by atoms with Crippen molar-refractivity contribution in [2.45, 2.75) is 18.9 Å². The monoisotopic (exact) mass is 316 g/mol. The van der Waals surface area contributed by atoms with E-state index >= 15 is 0 Å². The Bertz CT molecular complexity index is 560. The predicted molar refractivity (Wildman–Crippen MR) is 89.9 cm³/mol. The van der Waals surface area contributed by atoms with Crippen LogP contribution in [0.3, 0.4) is 0 Å². The molecule has 124 valence electrons. The second-order valence-electron chi connectivity index (χ2n) is 6.45. The van der Waals surface area contributed by atoms with Crippen LogP contribution in [-0.4, -0.2) is 67.4 Å². The molecule has 1 aromatic carbocycles. The van der Waals surface area contributed by atoms with Crippen LogP contribution in [0.1, 0.15) is 23.2 Å². The minimum atomic E-state index is -0.177. The van der Waals surface area contributed by atoms with Crippen molar-refractivity contribution in [3.05, 3.63) is 29.8 Å². The molecule has 2 amide bonds. The van der Waals surface area contributed by atoms with Gasteiger partial charge in [-0.3, -0.25) is 9.69 Å². The molecule has 2 N–H and O–H groups in total. The van der Waals surface area contributed by atoms with E-state index in [-0.39, 0.29) is 11.8 Å². The molecule has 1 saturated carbocycles. The normalized spacial score (nSPS) is 19.3. The van der Waals surface area contributed by atoms with Gasteiger partial charge < -0.3 is 15.5 Å². The highest BCUT2D eigenvalue weighted by molar-refractivity contribution is 5.98. The Labute approximate surface area is 136 Å². The summed E-state index contributed by atoms with van der Waals surface area (Å²) in [6.07, 6.45) is 2.13. The Balaban J connectivity index is 1.49. The highest BCUT2D eigenvalue weighted by Crippen LogP contribution is 2.19. The summed E-state index contributed by atoms with van der Waals surface area (Å²) < 4.78 is 0. The largest absolute Gasteiger partial charge is 0.335 e. The summed E-state index contributed by atoms with van der Waals surface area (Å²) >= 11 is 0. The molecule has 0 bridgehead atoms. The number of anilines is 1. The van der Waals surface area contributed by atoms with Gasteiger partial charge >= 0.3 is 6.03 Å². The number of likely N-dealkylation sites (N-methyl/N-ethyl adjacent to an activating group) is 1. The Morgan fingerprint density at radius 1 is 1.09 bits per heavy atom. The zero-order valence-corrected chi connectivity index (χ0v) is 13.5. The van der Waals surface area contributed by atoms with Crippen LogP contribution in [0.4, 0.5) is 10.5 Å². The number of benzene rings is 1. The number of nitrogens with one attached hydrogen (secondary N) is 2. The first-order valence-corrected chi connectivity index (χ1v) is 8.22. The molecule has 6 heteroatoms. The second-order valence-corrected chi connectivity index (χ2v) is 6.45. The first-order chi connectivity index (χ1) is 11.1. The lowest BCUT2D eigenvalue weighted by molar-refractivity contribution is 0.0876. The third-order valence-electron chi connectivity index (χ3n) is 4.34. The molecule has 0 aromatic heterocycles. The maximum Gasteiger partial charge on any atom is 0.319 e. The Morgan fingerprint density at radius 3 is 2.35 bits per heavy atom. The zero-order valence-electron chi connectivity index (χ0n) is 13.5. The molecular formula is C17H24N4O2. The van der Waals surface area contributed by atoms with Crippen molar-refractivity contribution >= 4 is 17.5 Å². The standard InChI is InChI=1S/C17H24N4O2/c1-20-8-10-21(11-9-20)12-16(22)13-2-4-14(5-3-13)18-17(23)19-15-6-7-15/h2-5,15H,6-12H2,1H3,(H2,18,19,23). The Kier molecular flexibility index (Phi) is 4.93. The van der Waals surface area contributed by atoms with Crippen molar-refractivity contribution in [2.24, 2.45) is 0 Å². The quantitative estimate of drug-likeness (QED) is 0.806. The summed E-state index contributed by atoms with van der Waals surface area (Å²) in [5, 5.41) is 5.66. The van der Waals surface area contributed by atoms with Gasteiger partial charge in [0, 0.05) is 43.5 Å². The number of rotatable bonds is 5. The van der Waals surface area contributed by atoms with Gasteiger partial charge in [0.15, 0.2) is 5.78 Å². The molecule has 1 saturated heterocycles. The van der Waals surface area contributed by atoms with E-state index in [1.807, 2.05) is 0 Å². The minimum absolute atomic E-state index is 0.128. The van der Waals surface area contributed by atoms with Crippen LogP contribution in [0.25, 0.3) is 0 Å². The molecule has 0 radical (unpaired) electrons. The third-order valence-corrected chi connectivity index (χ3v) is 4.34. The van der Waals surface area contributed by atoms with Crippen molar-refractivity contribution < 1.29 is 9.59 Å². The lowest BCUT2D eigenvalue weighted by atomic mass is 10.1. The Morgan fingerprint density at radius 2 is 1.74 bits per heavy atom. The van der Waals surface area contributed by atoms with Gasteiger partial charge in [0.2, 0.25) is 0 Å². The van der Waals surface area contributed by atoms with Crippen LogP contribution in [-0.2, 0) is 0 Å². The maximum absolute atomic E-state index is 12.3. The molecular weight excluding hydrogens is 292 g/mol. The fourth-order valence-corrected chi connectivity index (χ4v) is 2.62. The molecule has 6 nitrogen and oxygen atoms in total. The number of hydrogen-bond acceptors (Lipinski definition) is 4. The van der Waals surface area contributed by atoms with Gasteiger partial charge in [0.25, 0.3) is 0 Å². The van der Waals surface area contributed by atoms with Crippen molar-refractivity contribution in [2.75, 3.05) is 45.1 Å². The summed E-state index contributed by atoms with van der Waals surface area (Å²) in [6, 6.07) is 7.28. The molecule has 1 aromatic rings. The SMILES string of the molecule is CN1CCN(CC(=O)c2ccc(NC(=O)NC3CC3)cc2)CC1. The molecule has 0 atom stereocenters. The van der Waals surface area contributed by atoms with Gasteiger partial charge in [-0.15, -0.1) is 0 Å². The number of piperazine rings is 1. The van der Waals surface area contributed by atoms with Crippen LogP contribution in [0, 0.1) is 0 Å². The van der Waals surface area contributed by atoms with E-state index in [0.29, 0.717) is 23.8 Å². The molecule has 1 aliphatic carbocycles. The summed E-state index contributed by atoms with van der Waals surface area (Å²) in [6.45, 7) is 4.34. The number of urea groups is 1. The third kappa shape index (κ3) is 4.77. The highest BCUT2D eigenvalue weighted by atomic mass is 16.2. The van der Waals surface area contributed by atoms with Crippen LogP contribution in [0.5, 0.6) is 0 Å². The first kappa shape index (κ1) is 16.0. The predicted octanol–water partition coefficient (Wildman–Crippen LogP) is 1.40. The van der Waals surface area contributed by atoms with Crippen molar-refractivity contribution in [1.29, 1.82) is 0 Å². The number of hydrogen-bond donors (Lipinski definition) is 2. The zero-order chi connectivity index (χ0) is 16.2. The van der Waals surface area contributed by atoms with E-state index in [9.17, 15) is 9.59 Å². The van der Waals surface area contributed by atoms with E-state index in [1.165, 1.54) is 0 Å². The van der Waals surface area contributed by atoms with E-state index in [4.69, 9.17) is 0 Å². The molecule has 0 spiro atoms. The maximum atomic E-state index is 12.3. The molecule has 2 fully saturated rings. The van der Waals surface area contributed by atoms with Gasteiger partial charge in [-0.25, -0.2) is 4.79 Å². The number of Topliss-reactive ketones (excluding diaryl/α,β-unsaturated/α-hetero) is 1. The number of ketones is 1. The molecule has 3 rings (SSSR count). The van der Waals surface area contributed by atoms with Crippen molar-refractivity contribution in [3.8, 4) is 0 Å². The topological polar surface area (TPSA) is 64.7 Å². The molecule has 0 unspecified atom stereocenters. The average molecular weight is 316 g/mol. The molecule has 1 aliphatic heterocycles. The van der Waals surface area contributed by atoms with Crippen molar-refractivity contribution in [1.82, 2.24) is 15.1 Å². The molecule has 2 aliphatic rings. The van der Waals surface area contributed by atoms with Gasteiger partial charge in [-0.05, 0) is 44.2 Å². The average Bonchev–Trinajstić information content (AvgIpc) is 3.34. The van der Waals surface area contributed by atoms with E-state index in [0.717, 1.165) is 39.0 Å². The lowest BCUT2D eigenvalue weighted by Gasteiger charge is -2.31. The number of nitrogens with zero attached hydrogens (tertiary/aromatic N) is 2. The number of carbonyl (C=O) groups is 2. The van der Waals surface area contributed by atoms with E-state index in [2.05, 4.69) is 27.5 Å². The van der Waals surface area contributed by atoms with Gasteiger partial charge in [0.05, 0.1) is 6.54 Å². The van der Waals surface area contributed by atoms with Crippen LogP contribution in [0.15, 0.2) is 24.3 Å². The summed E-state index contributed by atoms with van der Waals surface area (Å²) in [5.74, 6) is 0.128. The minimum Gasteiger partial charge on any atom is -0.335 e. The molecule has 23 heavy (non-hydrogen) atoms. The second kappa shape index (κ2) is 7.10. The smallest absolute Gasteiger partial charge is 0.319 e. The summed E-state index contributed by atoms with van der Waals surface area (Å²) in [5.41, 5.74) is 1.40. The highest BCUT2D eigenvalue weighted by Gasteiger charge is 2.23. The van der Waals surface area contributed by atoms with Gasteiger partial charge in [-0.1, -0.05) is 0 Å². The number of amides is 2. The first-order valence-electron chi connectivity index (χ1n) is 8.22. The molecule has 1 heterocycles. The van der Waals surface area contributed by atoms with Crippen LogP contribution in [0.2, 0.25) is 0 Å². The van der Waals surface area contributed by atoms with Crippen molar-refractivity contribution in [3.63, 3.8) is 0 Å². The number of carbonyl (C=O) groups excluding carboxylic acids is 2. The van der Waals surface area contributed by atoms with E-state index in [1.54, 1.807) is 24.3 Å².